The first-order valence-electron chi connectivity index (χ1n) is 13.9. The van der Waals surface area contributed by atoms with Crippen molar-refractivity contribution >= 4 is 29.3 Å². The predicted octanol–water partition coefficient (Wildman–Crippen LogP) is 3.70. The number of nitriles is 1. The maximum atomic E-state index is 13.0. The highest BCUT2D eigenvalue weighted by molar-refractivity contribution is 8.01. The number of ether oxygens (including phenoxy) is 1. The molecule has 1 aromatic rings. The van der Waals surface area contributed by atoms with Crippen LogP contribution in [0.15, 0.2) is 24.3 Å². The number of nitrogens with one attached hydrogen (secondary N) is 2. The van der Waals surface area contributed by atoms with Crippen molar-refractivity contribution in [3.8, 4) is 11.8 Å². The van der Waals surface area contributed by atoms with Crippen molar-refractivity contribution in [3.05, 3.63) is 24.3 Å². The number of benzene rings is 1. The molecule has 3 fully saturated rings. The molecule has 9 heteroatoms. The van der Waals surface area contributed by atoms with Crippen LogP contribution in [-0.4, -0.2) is 78.1 Å². The Morgan fingerprint density at radius 3 is 2.81 bits per heavy atom. The van der Waals surface area contributed by atoms with E-state index in [1.807, 2.05) is 36.1 Å². The fourth-order valence-corrected chi connectivity index (χ4v) is 6.60. The largest absolute Gasteiger partial charge is 0.492 e. The molecule has 0 aromatic heterocycles. The van der Waals surface area contributed by atoms with Crippen molar-refractivity contribution in [2.24, 2.45) is 11.8 Å². The van der Waals surface area contributed by atoms with Crippen LogP contribution >= 0.6 is 11.8 Å². The lowest BCUT2D eigenvalue weighted by Gasteiger charge is -2.26. The predicted molar refractivity (Wildman–Crippen MR) is 147 cm³/mol. The highest BCUT2D eigenvalue weighted by atomic mass is 32.2. The van der Waals surface area contributed by atoms with Crippen LogP contribution in [0.3, 0.4) is 0 Å². The average molecular weight is 528 g/mol. The first-order chi connectivity index (χ1) is 18.1. The normalized spacial score (nSPS) is 22.9. The second-order valence-corrected chi connectivity index (χ2v) is 11.7. The number of piperidine rings is 1. The first kappa shape index (κ1) is 27.6. The number of anilines is 1. The third kappa shape index (κ3) is 8.27. The summed E-state index contributed by atoms with van der Waals surface area (Å²) in [4.78, 5) is 29.8. The lowest BCUT2D eigenvalue weighted by atomic mass is 10.1. The minimum Gasteiger partial charge on any atom is -0.492 e. The molecule has 202 valence electrons. The molecule has 0 spiro atoms. The summed E-state index contributed by atoms with van der Waals surface area (Å²) < 4.78 is 5.98. The van der Waals surface area contributed by atoms with Crippen molar-refractivity contribution in [2.45, 2.75) is 62.5 Å². The van der Waals surface area contributed by atoms with Gasteiger partial charge in [0.2, 0.25) is 11.8 Å². The highest BCUT2D eigenvalue weighted by Gasteiger charge is 2.41. The summed E-state index contributed by atoms with van der Waals surface area (Å²) in [5.74, 6) is 0.591. The van der Waals surface area contributed by atoms with Gasteiger partial charge in [-0.1, -0.05) is 12.5 Å². The van der Waals surface area contributed by atoms with Crippen LogP contribution < -0.4 is 15.4 Å². The quantitative estimate of drug-likeness (QED) is 0.381. The van der Waals surface area contributed by atoms with E-state index in [4.69, 9.17) is 4.74 Å². The first-order valence-corrected chi connectivity index (χ1v) is 14.8. The van der Waals surface area contributed by atoms with E-state index in [2.05, 4.69) is 21.6 Å². The number of rotatable bonds is 14. The molecule has 2 heterocycles. The monoisotopic (exact) mass is 527 g/mol. The number of amides is 2. The second kappa shape index (κ2) is 13.9. The van der Waals surface area contributed by atoms with Crippen LogP contribution in [0.2, 0.25) is 0 Å². The minimum absolute atomic E-state index is 0.101. The van der Waals surface area contributed by atoms with Crippen molar-refractivity contribution in [2.75, 3.05) is 51.2 Å². The van der Waals surface area contributed by atoms with Gasteiger partial charge in [-0.25, -0.2) is 0 Å². The zero-order valence-electron chi connectivity index (χ0n) is 22.0. The van der Waals surface area contributed by atoms with Gasteiger partial charge in [-0.2, -0.15) is 5.26 Å². The Bertz CT molecular complexity index is 944. The van der Waals surface area contributed by atoms with Gasteiger partial charge in [0.05, 0.1) is 16.7 Å². The minimum atomic E-state index is -0.729. The highest BCUT2D eigenvalue weighted by Crippen LogP contribution is 2.37. The van der Waals surface area contributed by atoms with E-state index in [0.29, 0.717) is 45.0 Å². The van der Waals surface area contributed by atoms with Crippen LogP contribution in [-0.2, 0) is 9.59 Å². The SMILES string of the molecule is CCN1C(=O)C(CCNc2cccc(OCCN3CCCCC3)c2)SC1CC(C#N)C(=O)NCC1CC1. The van der Waals surface area contributed by atoms with E-state index < -0.39 is 5.92 Å². The van der Waals surface area contributed by atoms with Crippen molar-refractivity contribution in [1.29, 1.82) is 5.26 Å². The lowest BCUT2D eigenvalue weighted by Crippen LogP contribution is -2.38. The van der Waals surface area contributed by atoms with Crippen molar-refractivity contribution < 1.29 is 14.3 Å². The number of hydrogen-bond donors (Lipinski definition) is 2. The van der Waals surface area contributed by atoms with E-state index in [-0.39, 0.29) is 22.4 Å². The average Bonchev–Trinajstić information content (AvgIpc) is 3.70. The molecular weight excluding hydrogens is 486 g/mol. The molecule has 3 aliphatic rings. The summed E-state index contributed by atoms with van der Waals surface area (Å²) >= 11 is 1.59. The molecule has 3 unspecified atom stereocenters. The topological polar surface area (TPSA) is 97.7 Å². The summed E-state index contributed by atoms with van der Waals surface area (Å²) in [5.41, 5.74) is 0.978. The van der Waals surface area contributed by atoms with Gasteiger partial charge in [0.15, 0.2) is 0 Å². The molecule has 37 heavy (non-hydrogen) atoms. The molecule has 3 atom stereocenters. The van der Waals surface area contributed by atoms with E-state index >= 15 is 0 Å². The Hall–Kier alpha value is -2.44. The summed E-state index contributed by atoms with van der Waals surface area (Å²) in [7, 11) is 0. The van der Waals surface area contributed by atoms with Gasteiger partial charge < -0.3 is 20.3 Å². The number of hydrogen-bond acceptors (Lipinski definition) is 7. The zero-order valence-corrected chi connectivity index (χ0v) is 22.8. The van der Waals surface area contributed by atoms with Crippen molar-refractivity contribution in [3.63, 3.8) is 0 Å². The van der Waals surface area contributed by atoms with Crippen molar-refractivity contribution in [1.82, 2.24) is 15.1 Å². The number of carbonyl (C=O) groups is 2. The van der Waals surface area contributed by atoms with E-state index in [0.717, 1.165) is 30.8 Å². The van der Waals surface area contributed by atoms with Gasteiger partial charge in [-0.3, -0.25) is 14.5 Å². The summed E-state index contributed by atoms with van der Waals surface area (Å²) in [6, 6.07) is 10.2. The van der Waals surface area contributed by atoms with E-state index in [1.165, 1.54) is 32.4 Å². The number of likely N-dealkylation sites (tertiary alicyclic amines) is 1. The third-order valence-corrected chi connectivity index (χ3v) is 8.96. The van der Waals surface area contributed by atoms with Crippen LogP contribution in [0.4, 0.5) is 5.69 Å². The number of nitrogens with zero attached hydrogens (tertiary/aromatic N) is 3. The van der Waals surface area contributed by atoms with Crippen LogP contribution in [0.1, 0.15) is 51.9 Å². The van der Waals surface area contributed by atoms with Gasteiger partial charge in [0.1, 0.15) is 18.3 Å². The third-order valence-electron chi connectivity index (χ3n) is 7.43. The molecule has 2 amide bonds. The summed E-state index contributed by atoms with van der Waals surface area (Å²) in [6.45, 7) is 7.85. The molecule has 0 bridgehead atoms. The van der Waals surface area contributed by atoms with Gasteiger partial charge in [0, 0.05) is 44.4 Å². The maximum Gasteiger partial charge on any atom is 0.237 e. The van der Waals surface area contributed by atoms with Gasteiger partial charge in [-0.15, -0.1) is 11.8 Å². The number of carbonyl (C=O) groups excluding carboxylic acids is 2. The molecule has 4 rings (SSSR count). The molecular formula is C28H41N5O3S. The molecule has 1 aromatic carbocycles. The standard InChI is InChI=1S/C28H41N5O3S/c1-2-33-26(17-22(19-29)27(34)31-20-21-9-10-21)37-25(28(33)35)11-12-30-23-7-6-8-24(18-23)36-16-15-32-13-4-3-5-14-32/h6-8,18,21-22,25-26,30H,2-5,9-17,20H2,1H3,(H,31,34). The second-order valence-electron chi connectivity index (χ2n) is 10.3. The zero-order chi connectivity index (χ0) is 26.0. The van der Waals surface area contributed by atoms with Gasteiger partial charge in [-0.05, 0) is 70.2 Å². The fourth-order valence-electron chi connectivity index (χ4n) is 5.01. The van der Waals surface area contributed by atoms with Crippen LogP contribution in [0.5, 0.6) is 5.75 Å². The summed E-state index contributed by atoms with van der Waals surface area (Å²) in [6.07, 6.45) is 7.27. The van der Waals surface area contributed by atoms with Crippen LogP contribution in [0, 0.1) is 23.2 Å². The molecule has 1 saturated carbocycles. The van der Waals surface area contributed by atoms with E-state index in [1.54, 1.807) is 11.8 Å². The Balaban J connectivity index is 1.21. The van der Waals surface area contributed by atoms with Gasteiger partial charge in [0.25, 0.3) is 0 Å². The Morgan fingerprint density at radius 1 is 1.27 bits per heavy atom. The molecule has 2 saturated heterocycles. The molecule has 2 N–H and O–H groups in total. The maximum absolute atomic E-state index is 13.0. The Labute approximate surface area is 225 Å². The smallest absolute Gasteiger partial charge is 0.237 e. The fraction of sp³-hybridized carbons (Fsp3) is 0.679. The lowest BCUT2D eigenvalue weighted by molar-refractivity contribution is -0.131. The van der Waals surface area contributed by atoms with Gasteiger partial charge >= 0.3 is 0 Å². The van der Waals surface area contributed by atoms with E-state index in [9.17, 15) is 14.9 Å². The molecule has 8 nitrogen and oxygen atoms in total. The molecule has 2 aliphatic heterocycles. The molecule has 1 aliphatic carbocycles. The Kier molecular flexibility index (Phi) is 10.4. The number of thioether (sulfide) groups is 1. The van der Waals surface area contributed by atoms with Crippen LogP contribution in [0.25, 0.3) is 0 Å². The summed E-state index contributed by atoms with van der Waals surface area (Å²) in [5, 5.41) is 15.6. The Morgan fingerprint density at radius 2 is 2.08 bits per heavy atom. The molecule has 0 radical (unpaired) electrons.